The molecule has 0 fully saturated rings. The summed E-state index contributed by atoms with van der Waals surface area (Å²) in [5.41, 5.74) is 0.125. The van der Waals surface area contributed by atoms with E-state index in [1.165, 1.54) is 30.5 Å². The van der Waals surface area contributed by atoms with E-state index >= 15 is 0 Å². The minimum absolute atomic E-state index is 0.0584. The van der Waals surface area contributed by atoms with Crippen molar-refractivity contribution >= 4 is 30.5 Å². The number of aromatic nitrogens is 5. The Kier molecular flexibility index (Phi) is 8.31. The van der Waals surface area contributed by atoms with Gasteiger partial charge in [-0.3, -0.25) is 4.98 Å². The van der Waals surface area contributed by atoms with Crippen LogP contribution in [0.1, 0.15) is 11.3 Å². The van der Waals surface area contributed by atoms with E-state index in [1.54, 1.807) is 29.8 Å². The lowest BCUT2D eigenvalue weighted by atomic mass is 10.2. The van der Waals surface area contributed by atoms with E-state index in [0.717, 1.165) is 17.6 Å². The second kappa shape index (κ2) is 11.4. The van der Waals surface area contributed by atoms with Gasteiger partial charge in [0.1, 0.15) is 22.9 Å². The van der Waals surface area contributed by atoms with Gasteiger partial charge in [-0.1, -0.05) is 0 Å². The number of H-pyrrole nitrogens is 1. The van der Waals surface area contributed by atoms with Crippen molar-refractivity contribution in [2.75, 3.05) is 5.32 Å². The van der Waals surface area contributed by atoms with Crippen LogP contribution >= 0.6 is 7.82 Å². The molecule has 0 saturated carbocycles. The zero-order valence-corrected chi connectivity index (χ0v) is 21.9. The van der Waals surface area contributed by atoms with Crippen molar-refractivity contribution in [1.29, 1.82) is 0 Å². The Hall–Kier alpha value is -4.44. The number of pyridine rings is 1. The average molecular weight is 616 g/mol. The van der Waals surface area contributed by atoms with Gasteiger partial charge in [-0.05, 0) is 42.5 Å². The van der Waals surface area contributed by atoms with Gasteiger partial charge in [-0.15, -0.1) is 0 Å². The number of rotatable bonds is 5. The van der Waals surface area contributed by atoms with Crippen LogP contribution in [0.3, 0.4) is 0 Å². The molecule has 0 aliphatic carbocycles. The number of alkyl halides is 6. The van der Waals surface area contributed by atoms with Crippen molar-refractivity contribution in [3.05, 3.63) is 78.2 Å². The maximum absolute atomic E-state index is 12.9. The second-order valence-corrected chi connectivity index (χ2v) is 9.51. The van der Waals surface area contributed by atoms with Crippen molar-refractivity contribution in [3.63, 3.8) is 0 Å². The molecule has 18 heteroatoms. The third kappa shape index (κ3) is 7.85. The number of nitrogens with zero attached hydrogens (tertiary/aromatic N) is 4. The van der Waals surface area contributed by atoms with Crippen LogP contribution in [0.4, 0.5) is 38.0 Å². The fourth-order valence-electron chi connectivity index (χ4n) is 3.56. The van der Waals surface area contributed by atoms with Crippen LogP contribution in [0.15, 0.2) is 67.0 Å². The average Bonchev–Trinajstić information content (AvgIpc) is 3.49. The number of nitrogens with one attached hydrogen (secondary N) is 2. The van der Waals surface area contributed by atoms with Crippen LogP contribution in [-0.2, 0) is 24.0 Å². The topological polar surface area (TPSA) is 158 Å². The first-order chi connectivity index (χ1) is 19.5. The van der Waals surface area contributed by atoms with Crippen LogP contribution in [0.25, 0.3) is 22.6 Å². The zero-order valence-electron chi connectivity index (χ0n) is 21.0. The molecular weight excluding hydrogens is 597 g/mol. The normalized spacial score (nSPS) is 12.1. The first-order valence-corrected chi connectivity index (χ1v) is 13.0. The number of halogens is 6. The van der Waals surface area contributed by atoms with Crippen LogP contribution in [0.5, 0.6) is 11.5 Å². The number of phosphoric acid groups is 1. The lowest BCUT2D eigenvalue weighted by Gasteiger charge is -2.09. The molecule has 0 aliphatic rings. The van der Waals surface area contributed by atoms with Gasteiger partial charge in [-0.2, -0.15) is 26.3 Å². The van der Waals surface area contributed by atoms with E-state index in [-0.39, 0.29) is 11.5 Å². The number of benzene rings is 2. The second-order valence-electron chi connectivity index (χ2n) is 8.48. The molecule has 0 spiro atoms. The van der Waals surface area contributed by atoms with E-state index in [9.17, 15) is 26.3 Å². The summed E-state index contributed by atoms with van der Waals surface area (Å²) in [5, 5.41) is 2.99. The highest BCUT2D eigenvalue weighted by Crippen LogP contribution is 2.33. The Morgan fingerprint density at radius 3 is 2.14 bits per heavy atom. The molecule has 0 aliphatic heterocycles. The number of fused-ring (bicyclic) bond motifs is 1. The Morgan fingerprint density at radius 2 is 1.55 bits per heavy atom. The molecule has 3 aromatic heterocycles. The van der Waals surface area contributed by atoms with Gasteiger partial charge in [0.2, 0.25) is 5.95 Å². The zero-order chi connectivity index (χ0) is 30.9. The Balaban J connectivity index is 0.000000748. The maximum atomic E-state index is 12.9. The van der Waals surface area contributed by atoms with Crippen molar-refractivity contribution in [3.8, 4) is 23.0 Å². The fraction of sp³-hybridized carbons (Fsp3) is 0.125. The number of hydrogen-bond acceptors (Lipinski definition) is 6. The number of aromatic amines is 1. The summed E-state index contributed by atoms with van der Waals surface area (Å²) in [5.74, 6) is 1.06. The van der Waals surface area contributed by atoms with E-state index in [2.05, 4.69) is 25.3 Å². The summed E-state index contributed by atoms with van der Waals surface area (Å²) in [4.78, 5) is 36.0. The summed E-state index contributed by atoms with van der Waals surface area (Å²) in [6.07, 6.45) is -6.91. The summed E-state index contributed by atoms with van der Waals surface area (Å²) in [7, 11) is -2.89. The van der Waals surface area contributed by atoms with Gasteiger partial charge in [0, 0.05) is 31.1 Å². The summed E-state index contributed by atoms with van der Waals surface area (Å²) in [6, 6.07) is 12.7. The van der Waals surface area contributed by atoms with Crippen LogP contribution in [-0.4, -0.2) is 39.2 Å². The Bertz CT molecular complexity index is 1740. The summed E-state index contributed by atoms with van der Waals surface area (Å²) >= 11 is 0. The third-order valence-electron chi connectivity index (χ3n) is 5.41. The molecule has 5 N–H and O–H groups in total. The van der Waals surface area contributed by atoms with E-state index in [4.69, 9.17) is 24.0 Å². The quantitative estimate of drug-likeness (QED) is 0.118. The Labute approximate surface area is 231 Å². The van der Waals surface area contributed by atoms with Crippen molar-refractivity contribution in [2.45, 2.75) is 12.4 Å². The summed E-state index contributed by atoms with van der Waals surface area (Å²) < 4.78 is 93.4. The molecule has 0 unspecified atom stereocenters. The highest BCUT2D eigenvalue weighted by molar-refractivity contribution is 7.45. The van der Waals surface area contributed by atoms with Crippen LogP contribution in [0.2, 0.25) is 0 Å². The molecule has 0 amide bonds. The lowest BCUT2D eigenvalue weighted by molar-refractivity contribution is -0.141. The first kappa shape index (κ1) is 30.5. The van der Waals surface area contributed by atoms with Gasteiger partial charge >= 0.3 is 20.2 Å². The number of aryl methyl sites for hydroxylation is 1. The summed E-state index contributed by atoms with van der Waals surface area (Å²) in [6.45, 7) is 0. The molecule has 222 valence electrons. The molecule has 2 aromatic carbocycles. The highest BCUT2D eigenvalue weighted by Gasteiger charge is 2.33. The first-order valence-electron chi connectivity index (χ1n) is 11.4. The monoisotopic (exact) mass is 616 g/mol. The van der Waals surface area contributed by atoms with Crippen LogP contribution in [0, 0.1) is 0 Å². The Morgan fingerprint density at radius 1 is 0.905 bits per heavy atom. The predicted octanol–water partition coefficient (Wildman–Crippen LogP) is 6.00. The predicted molar refractivity (Wildman–Crippen MR) is 137 cm³/mol. The molecule has 0 radical (unpaired) electrons. The minimum atomic E-state index is -4.64. The number of anilines is 2. The van der Waals surface area contributed by atoms with Gasteiger partial charge in [0.15, 0.2) is 5.82 Å². The number of ether oxygens (including phenoxy) is 1. The van der Waals surface area contributed by atoms with E-state index in [1.807, 2.05) is 0 Å². The number of imidazole rings is 2. The molecule has 0 bridgehead atoms. The van der Waals surface area contributed by atoms with E-state index in [0.29, 0.717) is 34.8 Å². The molecule has 11 nitrogen and oxygen atoms in total. The highest BCUT2D eigenvalue weighted by atomic mass is 31.2. The molecule has 0 atom stereocenters. The maximum Gasteiger partial charge on any atom is 0.466 e. The number of hydrogen-bond donors (Lipinski definition) is 5. The van der Waals surface area contributed by atoms with Gasteiger partial charge in [-0.25, -0.2) is 14.5 Å². The van der Waals surface area contributed by atoms with Gasteiger partial charge in [0.25, 0.3) is 0 Å². The molecule has 3 heterocycles. The molecular formula is C24H19F6N6O5P. The van der Waals surface area contributed by atoms with Crippen molar-refractivity contribution in [2.24, 2.45) is 7.05 Å². The lowest BCUT2D eigenvalue weighted by Crippen LogP contribution is -2.05. The SMILES string of the molecule is Cn1c(Nc2ccc(C(F)(F)F)cc2)nc2cc(Oc3ccnc(-c4ncc(C(F)(F)F)[nH]4)c3)ccc21.O=P(O)(O)O. The third-order valence-corrected chi connectivity index (χ3v) is 5.41. The van der Waals surface area contributed by atoms with Gasteiger partial charge < -0.3 is 34.3 Å². The fourth-order valence-corrected chi connectivity index (χ4v) is 3.56. The van der Waals surface area contributed by atoms with Crippen molar-refractivity contribution < 1.29 is 50.3 Å². The largest absolute Gasteiger partial charge is 0.466 e. The van der Waals surface area contributed by atoms with Crippen molar-refractivity contribution in [1.82, 2.24) is 24.5 Å². The standard InChI is InChI=1S/C24H16F6N6O.H3O4P/c1-36-19-7-6-15(10-17(19)34-22(36)33-14-4-2-13(3-5-14)23(25,26)27)37-16-8-9-31-18(11-16)21-32-12-20(35-21)24(28,29)30;1-5(2,3)4/h2-12H,1H3,(H,32,35)(H,33,34);(H3,1,2,3,4). The minimum Gasteiger partial charge on any atom is -0.457 e. The van der Waals surface area contributed by atoms with Gasteiger partial charge in [0.05, 0.1) is 22.8 Å². The molecule has 5 rings (SSSR count). The molecule has 42 heavy (non-hydrogen) atoms. The van der Waals surface area contributed by atoms with Crippen LogP contribution < -0.4 is 10.1 Å². The molecule has 5 aromatic rings. The molecule has 0 saturated heterocycles. The smallest absolute Gasteiger partial charge is 0.457 e. The van der Waals surface area contributed by atoms with E-state index < -0.39 is 31.4 Å².